The smallest absolute Gasteiger partial charge is 0.371 e. The molecule has 0 bridgehead atoms. The minimum Gasteiger partial charge on any atom is -0.475 e. The van der Waals surface area contributed by atoms with E-state index in [1.165, 1.54) is 12.1 Å². The van der Waals surface area contributed by atoms with E-state index in [0.717, 1.165) is 18.4 Å². The SMILES string of the molecule is O=C(O)c1ccc(C(=O)NC(Cc2ccccc2)C(=O)N2CCCC2)o1. The first-order chi connectivity index (χ1) is 12.5. The summed E-state index contributed by atoms with van der Waals surface area (Å²) >= 11 is 0. The average Bonchev–Trinajstić information content (AvgIpc) is 3.33. The standard InChI is InChI=1S/C19H20N2O5/c22-17(15-8-9-16(26-15)19(24)25)20-14(12-13-6-2-1-3-7-13)18(23)21-10-4-5-11-21/h1-3,6-9,14H,4-5,10-12H2,(H,20,22)(H,24,25). The topological polar surface area (TPSA) is 99.8 Å². The van der Waals surface area contributed by atoms with Crippen LogP contribution in [0, 0.1) is 0 Å². The third kappa shape index (κ3) is 4.11. The first-order valence-corrected chi connectivity index (χ1v) is 8.51. The fourth-order valence-electron chi connectivity index (χ4n) is 3.01. The minimum absolute atomic E-state index is 0.130. The van der Waals surface area contributed by atoms with Crippen molar-refractivity contribution in [1.29, 1.82) is 0 Å². The maximum atomic E-state index is 12.8. The van der Waals surface area contributed by atoms with Gasteiger partial charge < -0.3 is 19.7 Å². The lowest BCUT2D eigenvalue weighted by molar-refractivity contribution is -0.132. The zero-order valence-electron chi connectivity index (χ0n) is 14.2. The number of aromatic carboxylic acids is 1. The third-order valence-corrected chi connectivity index (χ3v) is 4.34. The van der Waals surface area contributed by atoms with Crippen LogP contribution in [0.4, 0.5) is 0 Å². The number of carbonyl (C=O) groups is 3. The summed E-state index contributed by atoms with van der Waals surface area (Å²) < 4.78 is 5.03. The molecule has 136 valence electrons. The monoisotopic (exact) mass is 356 g/mol. The van der Waals surface area contributed by atoms with Crippen molar-refractivity contribution in [3.63, 3.8) is 0 Å². The van der Waals surface area contributed by atoms with Gasteiger partial charge in [-0.25, -0.2) is 4.79 Å². The highest BCUT2D eigenvalue weighted by Gasteiger charge is 2.29. The van der Waals surface area contributed by atoms with E-state index in [1.807, 2.05) is 30.3 Å². The number of carboxylic acids is 1. The van der Waals surface area contributed by atoms with Crippen molar-refractivity contribution in [3.05, 3.63) is 59.5 Å². The molecular formula is C19H20N2O5. The van der Waals surface area contributed by atoms with Crippen LogP contribution in [0.1, 0.15) is 39.5 Å². The summed E-state index contributed by atoms with van der Waals surface area (Å²) in [5.74, 6) is -2.44. The van der Waals surface area contributed by atoms with Gasteiger partial charge in [0.05, 0.1) is 0 Å². The lowest BCUT2D eigenvalue weighted by Gasteiger charge is -2.24. The summed E-state index contributed by atoms with van der Waals surface area (Å²) in [7, 11) is 0. The fourth-order valence-corrected chi connectivity index (χ4v) is 3.01. The van der Waals surface area contributed by atoms with Crippen molar-refractivity contribution in [2.45, 2.75) is 25.3 Å². The summed E-state index contributed by atoms with van der Waals surface area (Å²) in [4.78, 5) is 37.9. The summed E-state index contributed by atoms with van der Waals surface area (Å²) in [6, 6.07) is 11.2. The summed E-state index contributed by atoms with van der Waals surface area (Å²) in [5, 5.41) is 11.6. The minimum atomic E-state index is -1.25. The Bertz CT molecular complexity index is 793. The van der Waals surface area contributed by atoms with Gasteiger partial charge in [-0.3, -0.25) is 9.59 Å². The molecule has 2 N–H and O–H groups in total. The lowest BCUT2D eigenvalue weighted by Crippen LogP contribution is -2.48. The Balaban J connectivity index is 1.76. The average molecular weight is 356 g/mol. The molecule has 0 saturated carbocycles. The van der Waals surface area contributed by atoms with Crippen molar-refractivity contribution in [1.82, 2.24) is 10.2 Å². The van der Waals surface area contributed by atoms with E-state index >= 15 is 0 Å². The Morgan fingerprint density at radius 2 is 1.69 bits per heavy atom. The van der Waals surface area contributed by atoms with Crippen LogP contribution >= 0.6 is 0 Å². The zero-order valence-corrected chi connectivity index (χ0v) is 14.2. The van der Waals surface area contributed by atoms with Gasteiger partial charge in [0.2, 0.25) is 11.7 Å². The maximum Gasteiger partial charge on any atom is 0.371 e. The number of likely N-dealkylation sites (tertiary alicyclic amines) is 1. The summed E-state index contributed by atoms with van der Waals surface area (Å²) in [6.07, 6.45) is 2.27. The van der Waals surface area contributed by atoms with E-state index in [2.05, 4.69) is 5.32 Å². The van der Waals surface area contributed by atoms with Crippen LogP contribution in [-0.2, 0) is 11.2 Å². The highest BCUT2D eigenvalue weighted by molar-refractivity contribution is 5.96. The van der Waals surface area contributed by atoms with Gasteiger partial charge in [0.15, 0.2) is 5.76 Å². The van der Waals surface area contributed by atoms with E-state index < -0.39 is 17.9 Å². The van der Waals surface area contributed by atoms with Crippen LogP contribution in [0.25, 0.3) is 0 Å². The normalized spacial score (nSPS) is 14.8. The number of amides is 2. The van der Waals surface area contributed by atoms with E-state index in [1.54, 1.807) is 4.90 Å². The number of furan rings is 1. The van der Waals surface area contributed by atoms with Crippen LogP contribution in [0.2, 0.25) is 0 Å². The largest absolute Gasteiger partial charge is 0.475 e. The number of hydrogen-bond acceptors (Lipinski definition) is 4. The number of nitrogens with one attached hydrogen (secondary N) is 1. The van der Waals surface area contributed by atoms with E-state index in [9.17, 15) is 14.4 Å². The maximum absolute atomic E-state index is 12.8. The van der Waals surface area contributed by atoms with Gasteiger partial charge in [0, 0.05) is 19.5 Å². The molecule has 1 aromatic heterocycles. The molecule has 7 heteroatoms. The summed E-state index contributed by atoms with van der Waals surface area (Å²) in [6.45, 7) is 1.37. The molecule has 2 aromatic rings. The van der Waals surface area contributed by atoms with E-state index in [0.29, 0.717) is 19.5 Å². The molecule has 2 heterocycles. The quantitative estimate of drug-likeness (QED) is 0.824. The Hall–Kier alpha value is -3.09. The van der Waals surface area contributed by atoms with Crippen molar-refractivity contribution < 1.29 is 23.9 Å². The lowest BCUT2D eigenvalue weighted by atomic mass is 10.0. The van der Waals surface area contributed by atoms with Gasteiger partial charge in [0.1, 0.15) is 6.04 Å². The number of nitrogens with zero attached hydrogens (tertiary/aromatic N) is 1. The number of hydrogen-bond donors (Lipinski definition) is 2. The molecule has 1 aliphatic heterocycles. The highest BCUT2D eigenvalue weighted by atomic mass is 16.4. The molecular weight excluding hydrogens is 336 g/mol. The van der Waals surface area contributed by atoms with Gasteiger partial charge >= 0.3 is 5.97 Å². The molecule has 1 aromatic carbocycles. The van der Waals surface area contributed by atoms with E-state index in [4.69, 9.17) is 9.52 Å². The molecule has 1 atom stereocenters. The molecule has 1 saturated heterocycles. The number of carboxylic acid groups (broad SMARTS) is 1. The summed E-state index contributed by atoms with van der Waals surface area (Å²) in [5.41, 5.74) is 0.927. The number of carbonyl (C=O) groups excluding carboxylic acids is 2. The van der Waals surface area contributed by atoms with Crippen LogP contribution in [0.3, 0.4) is 0 Å². The van der Waals surface area contributed by atoms with Gasteiger partial charge in [-0.15, -0.1) is 0 Å². The van der Waals surface area contributed by atoms with Crippen molar-refractivity contribution >= 4 is 17.8 Å². The molecule has 0 spiro atoms. The Labute approximate surface area is 150 Å². The second kappa shape index (κ2) is 7.86. The zero-order chi connectivity index (χ0) is 18.5. The van der Waals surface area contributed by atoms with Crippen molar-refractivity contribution in [2.75, 3.05) is 13.1 Å². The molecule has 0 radical (unpaired) electrons. The van der Waals surface area contributed by atoms with Gasteiger partial charge in [-0.05, 0) is 30.5 Å². The molecule has 2 amide bonds. The number of benzene rings is 1. The van der Waals surface area contributed by atoms with Crippen molar-refractivity contribution in [3.8, 4) is 0 Å². The van der Waals surface area contributed by atoms with E-state index in [-0.39, 0.29) is 17.4 Å². The predicted octanol–water partition coefficient (Wildman–Crippen LogP) is 1.94. The first kappa shape index (κ1) is 17.7. The first-order valence-electron chi connectivity index (χ1n) is 8.51. The number of rotatable bonds is 6. The molecule has 7 nitrogen and oxygen atoms in total. The molecule has 26 heavy (non-hydrogen) atoms. The molecule has 0 aliphatic carbocycles. The molecule has 1 aliphatic rings. The van der Waals surface area contributed by atoms with Gasteiger partial charge in [-0.2, -0.15) is 0 Å². The molecule has 1 unspecified atom stereocenters. The van der Waals surface area contributed by atoms with Crippen LogP contribution in [0.5, 0.6) is 0 Å². The van der Waals surface area contributed by atoms with Crippen LogP contribution < -0.4 is 5.32 Å². The Kier molecular flexibility index (Phi) is 5.36. The Morgan fingerprint density at radius 1 is 1.04 bits per heavy atom. The second-order valence-electron chi connectivity index (χ2n) is 6.22. The molecule has 3 rings (SSSR count). The molecule has 1 fully saturated rings. The van der Waals surface area contributed by atoms with Gasteiger partial charge in [0.25, 0.3) is 5.91 Å². The van der Waals surface area contributed by atoms with Crippen LogP contribution in [-0.4, -0.2) is 46.9 Å². The van der Waals surface area contributed by atoms with Crippen molar-refractivity contribution in [2.24, 2.45) is 0 Å². The highest BCUT2D eigenvalue weighted by Crippen LogP contribution is 2.14. The fraction of sp³-hybridized carbons (Fsp3) is 0.316. The van der Waals surface area contributed by atoms with Gasteiger partial charge in [-0.1, -0.05) is 30.3 Å². The third-order valence-electron chi connectivity index (χ3n) is 4.34. The Morgan fingerprint density at radius 3 is 2.31 bits per heavy atom. The predicted molar refractivity (Wildman–Crippen MR) is 92.9 cm³/mol. The second-order valence-corrected chi connectivity index (χ2v) is 6.22. The van der Waals surface area contributed by atoms with Crippen LogP contribution in [0.15, 0.2) is 46.9 Å².